The summed E-state index contributed by atoms with van der Waals surface area (Å²) in [5.41, 5.74) is 13.1. The van der Waals surface area contributed by atoms with Gasteiger partial charge < -0.3 is 42.7 Å². The Kier molecular flexibility index (Phi) is 11.8. The van der Waals surface area contributed by atoms with Gasteiger partial charge >= 0.3 is 5.97 Å². The topological polar surface area (TPSA) is 234 Å². The van der Waals surface area contributed by atoms with E-state index in [4.69, 9.17) is 16.6 Å². The van der Waals surface area contributed by atoms with E-state index in [2.05, 4.69) is 16.0 Å². The van der Waals surface area contributed by atoms with Crippen molar-refractivity contribution in [1.82, 2.24) is 16.0 Å². The highest BCUT2D eigenvalue weighted by molar-refractivity contribution is 5.95. The summed E-state index contributed by atoms with van der Waals surface area (Å²) in [5, 5.41) is 36.0. The van der Waals surface area contributed by atoms with Crippen LogP contribution < -0.4 is 27.4 Å². The van der Waals surface area contributed by atoms with Gasteiger partial charge in [-0.15, -0.1) is 0 Å². The zero-order chi connectivity index (χ0) is 32.2. The molecule has 0 spiro atoms. The van der Waals surface area contributed by atoms with Crippen molar-refractivity contribution in [3.63, 3.8) is 0 Å². The van der Waals surface area contributed by atoms with E-state index in [0.29, 0.717) is 11.1 Å². The van der Waals surface area contributed by atoms with E-state index in [1.165, 1.54) is 36.4 Å². The number of nitrogens with two attached hydrogens (primary N) is 2. The van der Waals surface area contributed by atoms with Crippen LogP contribution in [0.3, 0.4) is 0 Å². The van der Waals surface area contributed by atoms with Gasteiger partial charge in [-0.3, -0.25) is 24.0 Å². The SMILES string of the molecule is NC(=O)C(Cc1ccccc1)NC(=O)C(Cc1ccc(O)cc1)NC(=O)C(Cc1ccc(O)cc1)NC(=O)C(N)CC(=O)O. The lowest BCUT2D eigenvalue weighted by molar-refractivity contribution is -0.139. The van der Waals surface area contributed by atoms with Crippen molar-refractivity contribution in [3.8, 4) is 11.5 Å². The molecule has 3 aromatic carbocycles. The highest BCUT2D eigenvalue weighted by atomic mass is 16.4. The molecule has 10 N–H and O–H groups in total. The van der Waals surface area contributed by atoms with Crippen LogP contribution in [0.5, 0.6) is 11.5 Å². The second kappa shape index (κ2) is 15.7. The van der Waals surface area contributed by atoms with Crippen LogP contribution >= 0.6 is 0 Å². The number of amides is 4. The molecule has 0 aliphatic carbocycles. The van der Waals surface area contributed by atoms with Crippen LogP contribution in [0.2, 0.25) is 0 Å². The number of aromatic hydroxyl groups is 2. The maximum Gasteiger partial charge on any atom is 0.305 e. The second-order valence-electron chi connectivity index (χ2n) is 10.2. The molecule has 0 radical (unpaired) electrons. The van der Waals surface area contributed by atoms with Gasteiger partial charge in [0, 0.05) is 19.3 Å². The summed E-state index contributed by atoms with van der Waals surface area (Å²) in [4.78, 5) is 63.2. The molecular formula is C31H35N5O8. The van der Waals surface area contributed by atoms with Crippen molar-refractivity contribution >= 4 is 29.6 Å². The number of phenolic OH excluding ortho intramolecular Hbond substituents is 2. The molecular weight excluding hydrogens is 570 g/mol. The first-order chi connectivity index (χ1) is 20.9. The van der Waals surface area contributed by atoms with Gasteiger partial charge in [-0.2, -0.15) is 0 Å². The first-order valence-electron chi connectivity index (χ1n) is 13.7. The number of aliphatic carboxylic acids is 1. The van der Waals surface area contributed by atoms with E-state index in [0.717, 1.165) is 5.56 Å². The number of carbonyl (C=O) groups is 5. The van der Waals surface area contributed by atoms with Gasteiger partial charge in [-0.1, -0.05) is 54.6 Å². The predicted molar refractivity (Wildman–Crippen MR) is 159 cm³/mol. The molecule has 0 heterocycles. The Labute approximate surface area is 253 Å². The van der Waals surface area contributed by atoms with Crippen LogP contribution in [0.25, 0.3) is 0 Å². The second-order valence-corrected chi connectivity index (χ2v) is 10.2. The average Bonchev–Trinajstić information content (AvgIpc) is 2.98. The van der Waals surface area contributed by atoms with Crippen LogP contribution in [0.1, 0.15) is 23.1 Å². The molecule has 4 amide bonds. The molecule has 0 bridgehead atoms. The lowest BCUT2D eigenvalue weighted by atomic mass is 10.0. The number of nitrogens with one attached hydrogen (secondary N) is 3. The standard InChI is InChI=1S/C31H35N5O8/c32-23(17-27(39)40)29(42)35-25(15-19-6-10-21(37)11-7-19)31(44)36-26(16-20-8-12-22(38)13-9-20)30(43)34-24(28(33)41)14-18-4-2-1-3-5-18/h1-13,23-26,37-38H,14-17,32H2,(H2,33,41)(H,34,43)(H,35,42)(H,36,44)(H,39,40). The molecule has 0 aliphatic heterocycles. The molecule has 44 heavy (non-hydrogen) atoms. The van der Waals surface area contributed by atoms with Crippen molar-refractivity contribution in [2.75, 3.05) is 0 Å². The molecule has 13 heteroatoms. The van der Waals surface area contributed by atoms with E-state index in [1.807, 2.05) is 0 Å². The summed E-state index contributed by atoms with van der Waals surface area (Å²) in [6.45, 7) is 0. The van der Waals surface area contributed by atoms with E-state index in [1.54, 1.807) is 42.5 Å². The number of benzene rings is 3. The molecule has 0 aliphatic rings. The molecule has 13 nitrogen and oxygen atoms in total. The molecule has 0 saturated carbocycles. The highest BCUT2D eigenvalue weighted by Gasteiger charge is 2.31. The van der Waals surface area contributed by atoms with Crippen molar-refractivity contribution < 1.29 is 39.3 Å². The third-order valence-electron chi connectivity index (χ3n) is 6.69. The van der Waals surface area contributed by atoms with Crippen LogP contribution in [0, 0.1) is 0 Å². The molecule has 232 valence electrons. The van der Waals surface area contributed by atoms with Crippen LogP contribution in [0.4, 0.5) is 0 Å². The van der Waals surface area contributed by atoms with Gasteiger partial charge in [0.25, 0.3) is 0 Å². The predicted octanol–water partition coefficient (Wildman–Crippen LogP) is -0.133. The highest BCUT2D eigenvalue weighted by Crippen LogP contribution is 2.14. The molecule has 0 fully saturated rings. The van der Waals surface area contributed by atoms with Crippen LogP contribution in [0.15, 0.2) is 78.9 Å². The fraction of sp³-hybridized carbons (Fsp3) is 0.258. The van der Waals surface area contributed by atoms with Crippen LogP contribution in [-0.4, -0.2) is 69.1 Å². The third-order valence-corrected chi connectivity index (χ3v) is 6.69. The Bertz CT molecular complexity index is 1450. The van der Waals surface area contributed by atoms with Crippen molar-refractivity contribution in [2.45, 2.75) is 49.9 Å². The Hall–Kier alpha value is -5.43. The quantitative estimate of drug-likeness (QED) is 0.115. The molecule has 4 atom stereocenters. The van der Waals surface area contributed by atoms with Gasteiger partial charge in [-0.05, 0) is 41.0 Å². The number of carboxylic acids is 1. The number of carbonyl (C=O) groups excluding carboxylic acids is 4. The lowest BCUT2D eigenvalue weighted by Gasteiger charge is -2.25. The molecule has 0 saturated heterocycles. The van der Waals surface area contributed by atoms with E-state index in [-0.39, 0.29) is 30.8 Å². The molecule has 4 unspecified atom stereocenters. The Morgan fingerprint density at radius 2 is 0.977 bits per heavy atom. The fourth-order valence-corrected chi connectivity index (χ4v) is 4.33. The summed E-state index contributed by atoms with van der Waals surface area (Å²) < 4.78 is 0. The summed E-state index contributed by atoms with van der Waals surface area (Å²) >= 11 is 0. The van der Waals surface area contributed by atoms with Gasteiger partial charge in [0.15, 0.2) is 0 Å². The number of hydrogen-bond donors (Lipinski definition) is 8. The van der Waals surface area contributed by atoms with E-state index >= 15 is 0 Å². The van der Waals surface area contributed by atoms with E-state index in [9.17, 15) is 34.2 Å². The Morgan fingerprint density at radius 3 is 1.41 bits per heavy atom. The average molecular weight is 606 g/mol. The Balaban J connectivity index is 1.87. The minimum atomic E-state index is -1.45. The summed E-state index contributed by atoms with van der Waals surface area (Å²) in [5.74, 6) is -4.56. The number of phenols is 2. The van der Waals surface area contributed by atoms with Gasteiger partial charge in [0.05, 0.1) is 12.5 Å². The van der Waals surface area contributed by atoms with Gasteiger partial charge in [0.2, 0.25) is 23.6 Å². The van der Waals surface area contributed by atoms with E-state index < -0.39 is 60.2 Å². The normalized spacial score (nSPS) is 13.5. The molecule has 3 rings (SSSR count). The van der Waals surface area contributed by atoms with Crippen molar-refractivity contribution in [1.29, 1.82) is 0 Å². The number of hydrogen-bond acceptors (Lipinski definition) is 8. The van der Waals surface area contributed by atoms with Gasteiger partial charge in [0.1, 0.15) is 29.6 Å². The first-order valence-corrected chi connectivity index (χ1v) is 13.7. The third kappa shape index (κ3) is 10.4. The van der Waals surface area contributed by atoms with Crippen molar-refractivity contribution in [3.05, 3.63) is 95.6 Å². The first kappa shape index (κ1) is 33.1. The minimum Gasteiger partial charge on any atom is -0.508 e. The number of primary amides is 1. The zero-order valence-corrected chi connectivity index (χ0v) is 23.7. The summed E-state index contributed by atoms with van der Waals surface area (Å²) in [6.07, 6.45) is -0.736. The van der Waals surface area contributed by atoms with Gasteiger partial charge in [-0.25, -0.2) is 0 Å². The van der Waals surface area contributed by atoms with Crippen LogP contribution in [-0.2, 0) is 43.2 Å². The largest absolute Gasteiger partial charge is 0.508 e. The Morgan fingerprint density at radius 1 is 0.591 bits per heavy atom. The zero-order valence-electron chi connectivity index (χ0n) is 23.7. The lowest BCUT2D eigenvalue weighted by Crippen LogP contribution is -2.58. The maximum atomic E-state index is 13.6. The van der Waals surface area contributed by atoms with Crippen molar-refractivity contribution in [2.24, 2.45) is 11.5 Å². The molecule has 3 aromatic rings. The number of rotatable bonds is 15. The monoisotopic (exact) mass is 605 g/mol. The minimum absolute atomic E-state index is 0.00943. The smallest absolute Gasteiger partial charge is 0.305 e. The summed E-state index contributed by atoms with van der Waals surface area (Å²) in [7, 11) is 0. The maximum absolute atomic E-state index is 13.6. The summed E-state index contributed by atoms with van der Waals surface area (Å²) in [6, 6.07) is 15.5. The number of carboxylic acid groups (broad SMARTS) is 1. The fourth-order valence-electron chi connectivity index (χ4n) is 4.33. The molecule has 0 aromatic heterocycles.